The largest absolute Gasteiger partial charge is 0.348 e. The summed E-state index contributed by atoms with van der Waals surface area (Å²) in [6.07, 6.45) is 7.72. The van der Waals surface area contributed by atoms with E-state index in [1.165, 1.54) is 35.6 Å². The summed E-state index contributed by atoms with van der Waals surface area (Å²) >= 11 is 0. The Labute approximate surface area is 161 Å². The highest BCUT2D eigenvalue weighted by molar-refractivity contribution is 6.00. The summed E-state index contributed by atoms with van der Waals surface area (Å²) < 4.78 is 27.1. The van der Waals surface area contributed by atoms with Crippen molar-refractivity contribution in [3.63, 3.8) is 0 Å². The Morgan fingerprint density at radius 1 is 1.18 bits per heavy atom. The third kappa shape index (κ3) is 3.46. The number of carbonyl (C=O) groups is 2. The van der Waals surface area contributed by atoms with Crippen LogP contribution in [0.3, 0.4) is 0 Å². The fourth-order valence-corrected chi connectivity index (χ4v) is 4.34. The monoisotopic (exact) mass is 386 g/mol. The minimum absolute atomic E-state index is 0.129. The summed E-state index contributed by atoms with van der Waals surface area (Å²) in [6, 6.07) is 2.99. The Morgan fingerprint density at radius 3 is 2.68 bits per heavy atom. The van der Waals surface area contributed by atoms with Gasteiger partial charge in [0.05, 0.1) is 11.6 Å². The van der Waals surface area contributed by atoms with E-state index in [2.05, 4.69) is 15.3 Å². The normalized spacial score (nSPS) is 24.6. The van der Waals surface area contributed by atoms with E-state index in [4.69, 9.17) is 0 Å². The number of hydrogen-bond donors (Lipinski definition) is 1. The van der Waals surface area contributed by atoms with Crippen LogP contribution in [0.4, 0.5) is 14.5 Å². The second-order valence-corrected chi connectivity index (χ2v) is 7.47. The van der Waals surface area contributed by atoms with Crippen molar-refractivity contribution in [2.45, 2.75) is 38.1 Å². The third-order valence-electron chi connectivity index (χ3n) is 5.65. The number of carbonyl (C=O) groups excluding carboxylic acids is 2. The van der Waals surface area contributed by atoms with E-state index in [0.717, 1.165) is 18.9 Å². The predicted octanol–water partition coefficient (Wildman–Crippen LogP) is 2.85. The molecule has 2 atom stereocenters. The first-order valence-corrected chi connectivity index (χ1v) is 9.32. The number of amides is 2. The van der Waals surface area contributed by atoms with Crippen molar-refractivity contribution < 1.29 is 18.4 Å². The summed E-state index contributed by atoms with van der Waals surface area (Å²) in [5, 5.41) is 2.95. The van der Waals surface area contributed by atoms with Gasteiger partial charge in [-0.05, 0) is 37.8 Å². The molecule has 1 N–H and O–H groups in total. The van der Waals surface area contributed by atoms with E-state index >= 15 is 0 Å². The lowest BCUT2D eigenvalue weighted by Gasteiger charge is -2.36. The van der Waals surface area contributed by atoms with Gasteiger partial charge in [0, 0.05) is 36.7 Å². The molecule has 1 aliphatic heterocycles. The smallest absolute Gasteiger partial charge is 0.271 e. The fraction of sp³-hybridized carbons (Fsp3) is 0.400. The molecule has 4 rings (SSSR count). The number of rotatable bonds is 3. The Balaban J connectivity index is 1.49. The van der Waals surface area contributed by atoms with Gasteiger partial charge >= 0.3 is 0 Å². The topological polar surface area (TPSA) is 75.2 Å². The van der Waals surface area contributed by atoms with Crippen LogP contribution in [-0.2, 0) is 4.79 Å². The quantitative estimate of drug-likeness (QED) is 0.880. The minimum Gasteiger partial charge on any atom is -0.348 e. The molecule has 1 aromatic carbocycles. The first-order chi connectivity index (χ1) is 13.5. The zero-order valence-electron chi connectivity index (χ0n) is 15.2. The average Bonchev–Trinajstić information content (AvgIpc) is 2.97. The van der Waals surface area contributed by atoms with Gasteiger partial charge in [0.2, 0.25) is 5.91 Å². The van der Waals surface area contributed by atoms with Crippen LogP contribution in [-0.4, -0.2) is 34.4 Å². The van der Waals surface area contributed by atoms with Crippen molar-refractivity contribution in [3.05, 3.63) is 54.1 Å². The van der Waals surface area contributed by atoms with Crippen LogP contribution in [0, 0.1) is 17.0 Å². The molecule has 8 heteroatoms. The SMILES string of the molecule is O=C(N[C@H]1CCC[C@]2(CCN(c3cc(F)cc(F)c3)C2=O)C1)c1cnccn1. The molecule has 2 aliphatic rings. The van der Waals surface area contributed by atoms with E-state index < -0.39 is 17.0 Å². The average molecular weight is 386 g/mol. The zero-order chi connectivity index (χ0) is 19.7. The molecule has 2 aromatic rings. The maximum Gasteiger partial charge on any atom is 0.271 e. The van der Waals surface area contributed by atoms with Crippen LogP contribution in [0.15, 0.2) is 36.8 Å². The summed E-state index contributed by atoms with van der Waals surface area (Å²) in [5.41, 5.74) is -0.136. The first-order valence-electron chi connectivity index (χ1n) is 9.32. The highest BCUT2D eigenvalue weighted by Crippen LogP contribution is 2.46. The minimum atomic E-state index is -0.707. The van der Waals surface area contributed by atoms with E-state index in [-0.39, 0.29) is 29.2 Å². The molecule has 2 fully saturated rings. The van der Waals surface area contributed by atoms with Crippen molar-refractivity contribution in [3.8, 4) is 0 Å². The lowest BCUT2D eigenvalue weighted by atomic mass is 9.71. The van der Waals surface area contributed by atoms with Crippen LogP contribution < -0.4 is 10.2 Å². The van der Waals surface area contributed by atoms with Crippen LogP contribution in [0.25, 0.3) is 0 Å². The Morgan fingerprint density at radius 2 is 1.96 bits per heavy atom. The predicted molar refractivity (Wildman–Crippen MR) is 97.5 cm³/mol. The summed E-state index contributed by atoms with van der Waals surface area (Å²) in [7, 11) is 0. The van der Waals surface area contributed by atoms with E-state index in [9.17, 15) is 18.4 Å². The van der Waals surface area contributed by atoms with Gasteiger partial charge in [-0.15, -0.1) is 0 Å². The first kappa shape index (κ1) is 18.5. The molecule has 0 unspecified atom stereocenters. The second kappa shape index (κ2) is 7.26. The molecule has 1 spiro atoms. The molecule has 2 heterocycles. The zero-order valence-corrected chi connectivity index (χ0v) is 15.2. The van der Waals surface area contributed by atoms with Gasteiger partial charge in [-0.25, -0.2) is 13.8 Å². The third-order valence-corrected chi connectivity index (χ3v) is 5.65. The van der Waals surface area contributed by atoms with Gasteiger partial charge in [0.1, 0.15) is 17.3 Å². The lowest BCUT2D eigenvalue weighted by molar-refractivity contribution is -0.127. The Hall–Kier alpha value is -2.90. The van der Waals surface area contributed by atoms with Gasteiger partial charge in [-0.3, -0.25) is 14.6 Å². The van der Waals surface area contributed by atoms with Crippen molar-refractivity contribution >= 4 is 17.5 Å². The van der Waals surface area contributed by atoms with Gasteiger partial charge in [-0.2, -0.15) is 0 Å². The molecule has 146 valence electrons. The molecule has 28 heavy (non-hydrogen) atoms. The van der Waals surface area contributed by atoms with Gasteiger partial charge in [0.15, 0.2) is 0 Å². The maximum atomic E-state index is 13.6. The highest BCUT2D eigenvalue weighted by Gasteiger charge is 2.49. The molecule has 2 amide bonds. The number of nitrogens with zero attached hydrogens (tertiary/aromatic N) is 3. The van der Waals surface area contributed by atoms with Crippen molar-refractivity contribution in [1.82, 2.24) is 15.3 Å². The Bertz CT molecular complexity index is 888. The van der Waals surface area contributed by atoms with Crippen LogP contribution >= 0.6 is 0 Å². The van der Waals surface area contributed by atoms with Crippen LogP contribution in [0.1, 0.15) is 42.6 Å². The van der Waals surface area contributed by atoms with E-state index in [1.54, 1.807) is 0 Å². The molecule has 1 saturated heterocycles. The molecular weight excluding hydrogens is 366 g/mol. The second-order valence-electron chi connectivity index (χ2n) is 7.47. The maximum absolute atomic E-state index is 13.6. The van der Waals surface area contributed by atoms with Gasteiger partial charge in [-0.1, -0.05) is 6.42 Å². The highest BCUT2D eigenvalue weighted by atomic mass is 19.1. The van der Waals surface area contributed by atoms with Gasteiger partial charge in [0.25, 0.3) is 5.91 Å². The molecular formula is C20H20F2N4O2. The number of anilines is 1. The van der Waals surface area contributed by atoms with Crippen LogP contribution in [0.5, 0.6) is 0 Å². The summed E-state index contributed by atoms with van der Waals surface area (Å²) in [4.78, 5) is 34.9. The molecule has 0 bridgehead atoms. The van der Waals surface area contributed by atoms with Gasteiger partial charge < -0.3 is 10.2 Å². The van der Waals surface area contributed by atoms with Crippen LogP contribution in [0.2, 0.25) is 0 Å². The van der Waals surface area contributed by atoms with Crippen molar-refractivity contribution in [2.24, 2.45) is 5.41 Å². The molecule has 0 radical (unpaired) electrons. The van der Waals surface area contributed by atoms with Crippen molar-refractivity contribution in [2.75, 3.05) is 11.4 Å². The van der Waals surface area contributed by atoms with E-state index in [0.29, 0.717) is 25.8 Å². The molecule has 1 aliphatic carbocycles. The van der Waals surface area contributed by atoms with E-state index in [1.807, 2.05) is 0 Å². The number of hydrogen-bond acceptors (Lipinski definition) is 4. The number of nitrogens with one attached hydrogen (secondary N) is 1. The Kier molecular flexibility index (Phi) is 4.78. The summed E-state index contributed by atoms with van der Waals surface area (Å²) in [6.45, 7) is 0.409. The standard InChI is InChI=1S/C20H20F2N4O2/c21-13-8-14(22)10-16(9-13)26-7-4-20(19(26)28)3-1-2-15(11-20)25-18(27)17-12-23-5-6-24-17/h5-6,8-10,12,15H,1-4,7,11H2,(H,25,27)/t15-,20-/m0/s1. The summed E-state index contributed by atoms with van der Waals surface area (Å²) in [5.74, 6) is -1.86. The molecule has 1 aromatic heterocycles. The lowest BCUT2D eigenvalue weighted by Crippen LogP contribution is -2.46. The van der Waals surface area contributed by atoms with Crippen molar-refractivity contribution in [1.29, 1.82) is 0 Å². The number of benzene rings is 1. The fourth-order valence-electron chi connectivity index (χ4n) is 4.34. The number of halogens is 2. The number of aromatic nitrogens is 2. The molecule has 6 nitrogen and oxygen atoms in total. The molecule has 1 saturated carbocycles.